The van der Waals surface area contributed by atoms with Gasteiger partial charge in [-0.3, -0.25) is 9.89 Å². The summed E-state index contributed by atoms with van der Waals surface area (Å²) in [5.74, 6) is 0.222. The molecule has 1 saturated heterocycles. The second-order valence-electron chi connectivity index (χ2n) is 7.53. The highest BCUT2D eigenvalue weighted by atomic mass is 16.2. The summed E-state index contributed by atoms with van der Waals surface area (Å²) in [5, 5.41) is 21.3. The van der Waals surface area contributed by atoms with Gasteiger partial charge in [0.05, 0.1) is 12.2 Å². The molecule has 2 aromatic heterocycles. The van der Waals surface area contributed by atoms with E-state index in [0.717, 1.165) is 38.0 Å². The van der Waals surface area contributed by atoms with Crippen LogP contribution in [0.5, 0.6) is 0 Å². The number of amides is 1. The molecule has 0 radical (unpaired) electrons. The Hall–Kier alpha value is -2.22. The van der Waals surface area contributed by atoms with Crippen LogP contribution in [0.4, 0.5) is 5.82 Å². The molecule has 3 rings (SSSR count). The van der Waals surface area contributed by atoms with Crippen molar-refractivity contribution in [2.75, 3.05) is 18.4 Å². The van der Waals surface area contributed by atoms with Gasteiger partial charge in [-0.1, -0.05) is 26.0 Å². The second kappa shape index (κ2) is 6.72. The zero-order valence-corrected chi connectivity index (χ0v) is 14.5. The Kier molecular flexibility index (Phi) is 4.66. The molecule has 1 aliphatic rings. The van der Waals surface area contributed by atoms with Crippen LogP contribution < -0.4 is 10.6 Å². The molecule has 0 unspecified atom stereocenters. The SMILES string of the molecule is CC(C)(C)Cc1cc(NC(=O)c2cn(C3CCNCC3)nn2)n[nH]1. The molecule has 3 heterocycles. The van der Waals surface area contributed by atoms with Crippen LogP contribution in [-0.2, 0) is 6.42 Å². The van der Waals surface area contributed by atoms with Gasteiger partial charge >= 0.3 is 0 Å². The summed E-state index contributed by atoms with van der Waals surface area (Å²) in [6.07, 6.45) is 4.58. The van der Waals surface area contributed by atoms with Gasteiger partial charge in [0, 0.05) is 11.8 Å². The first kappa shape index (κ1) is 16.6. The van der Waals surface area contributed by atoms with Gasteiger partial charge in [-0.15, -0.1) is 5.10 Å². The van der Waals surface area contributed by atoms with Crippen LogP contribution >= 0.6 is 0 Å². The minimum Gasteiger partial charge on any atom is -0.317 e. The highest BCUT2D eigenvalue weighted by molar-refractivity contribution is 6.02. The molecule has 1 aliphatic heterocycles. The lowest BCUT2D eigenvalue weighted by Crippen LogP contribution is -2.29. The smallest absolute Gasteiger partial charge is 0.279 e. The predicted octanol–water partition coefficient (Wildman–Crippen LogP) is 1.77. The number of carbonyl (C=O) groups excluding carboxylic acids is 1. The van der Waals surface area contributed by atoms with Gasteiger partial charge in [-0.2, -0.15) is 5.10 Å². The third-order valence-corrected chi connectivity index (χ3v) is 4.02. The Morgan fingerprint density at radius 3 is 2.83 bits per heavy atom. The summed E-state index contributed by atoms with van der Waals surface area (Å²) in [4.78, 5) is 12.3. The molecule has 0 aromatic carbocycles. The van der Waals surface area contributed by atoms with E-state index in [1.54, 1.807) is 10.9 Å². The van der Waals surface area contributed by atoms with E-state index >= 15 is 0 Å². The normalized spacial score (nSPS) is 16.3. The van der Waals surface area contributed by atoms with Crippen molar-refractivity contribution in [3.05, 3.63) is 23.7 Å². The van der Waals surface area contributed by atoms with Crippen LogP contribution in [-0.4, -0.2) is 44.2 Å². The molecule has 1 amide bonds. The van der Waals surface area contributed by atoms with Crippen molar-refractivity contribution in [2.24, 2.45) is 5.41 Å². The molecular formula is C16H25N7O. The van der Waals surface area contributed by atoms with Gasteiger partial charge < -0.3 is 10.6 Å². The van der Waals surface area contributed by atoms with Crippen LogP contribution in [0.3, 0.4) is 0 Å². The number of carbonyl (C=O) groups is 1. The topological polar surface area (TPSA) is 101 Å². The number of rotatable bonds is 4. The molecule has 0 aliphatic carbocycles. The summed E-state index contributed by atoms with van der Waals surface area (Å²) in [6.45, 7) is 8.41. The Bertz CT molecular complexity index is 691. The van der Waals surface area contributed by atoms with E-state index in [2.05, 4.69) is 51.9 Å². The zero-order chi connectivity index (χ0) is 17.2. The van der Waals surface area contributed by atoms with Crippen molar-refractivity contribution in [2.45, 2.75) is 46.1 Å². The Balaban J connectivity index is 1.62. The molecule has 24 heavy (non-hydrogen) atoms. The van der Waals surface area contributed by atoms with E-state index in [0.29, 0.717) is 17.6 Å². The molecule has 2 aromatic rings. The molecular weight excluding hydrogens is 306 g/mol. The first-order valence-electron chi connectivity index (χ1n) is 8.39. The second-order valence-corrected chi connectivity index (χ2v) is 7.53. The fourth-order valence-corrected chi connectivity index (χ4v) is 2.90. The fraction of sp³-hybridized carbons (Fsp3) is 0.625. The largest absolute Gasteiger partial charge is 0.317 e. The van der Waals surface area contributed by atoms with Crippen LogP contribution in [0, 0.1) is 5.41 Å². The van der Waals surface area contributed by atoms with Crippen molar-refractivity contribution < 1.29 is 4.79 Å². The van der Waals surface area contributed by atoms with Gasteiger partial charge in [0.2, 0.25) is 0 Å². The first-order chi connectivity index (χ1) is 11.4. The predicted molar refractivity (Wildman–Crippen MR) is 90.9 cm³/mol. The molecule has 8 heteroatoms. The number of H-pyrrole nitrogens is 1. The number of anilines is 1. The molecule has 8 nitrogen and oxygen atoms in total. The molecule has 3 N–H and O–H groups in total. The highest BCUT2D eigenvalue weighted by Crippen LogP contribution is 2.21. The monoisotopic (exact) mass is 331 g/mol. The number of aromatic nitrogens is 5. The molecule has 130 valence electrons. The van der Waals surface area contributed by atoms with Crippen LogP contribution in [0.1, 0.15) is 55.8 Å². The van der Waals surface area contributed by atoms with Crippen molar-refractivity contribution in [3.63, 3.8) is 0 Å². The Morgan fingerprint density at radius 1 is 1.38 bits per heavy atom. The number of hydrogen-bond acceptors (Lipinski definition) is 5. The van der Waals surface area contributed by atoms with Gasteiger partial charge in [0.1, 0.15) is 0 Å². The number of piperidine rings is 1. The summed E-state index contributed by atoms with van der Waals surface area (Å²) >= 11 is 0. The highest BCUT2D eigenvalue weighted by Gasteiger charge is 2.19. The van der Waals surface area contributed by atoms with E-state index in [9.17, 15) is 4.79 Å². The Morgan fingerprint density at radius 2 is 2.12 bits per heavy atom. The Labute approximate surface area is 141 Å². The maximum Gasteiger partial charge on any atom is 0.279 e. The van der Waals surface area contributed by atoms with Crippen molar-refractivity contribution in [3.8, 4) is 0 Å². The quantitative estimate of drug-likeness (QED) is 0.793. The zero-order valence-electron chi connectivity index (χ0n) is 14.5. The van der Waals surface area contributed by atoms with Gasteiger partial charge in [-0.25, -0.2) is 4.68 Å². The van der Waals surface area contributed by atoms with Crippen molar-refractivity contribution >= 4 is 11.7 Å². The summed E-state index contributed by atoms with van der Waals surface area (Å²) in [6, 6.07) is 2.17. The minimum absolute atomic E-state index is 0.158. The van der Waals surface area contributed by atoms with Crippen LogP contribution in [0.15, 0.2) is 12.3 Å². The maximum atomic E-state index is 12.3. The van der Waals surface area contributed by atoms with E-state index < -0.39 is 0 Å². The average molecular weight is 331 g/mol. The number of nitrogens with one attached hydrogen (secondary N) is 3. The first-order valence-corrected chi connectivity index (χ1v) is 8.39. The molecule has 0 saturated carbocycles. The van der Waals surface area contributed by atoms with E-state index in [1.165, 1.54) is 0 Å². The van der Waals surface area contributed by atoms with E-state index in [-0.39, 0.29) is 11.3 Å². The van der Waals surface area contributed by atoms with Gasteiger partial charge in [-0.05, 0) is 37.8 Å². The molecule has 0 atom stereocenters. The number of nitrogens with zero attached hydrogens (tertiary/aromatic N) is 4. The van der Waals surface area contributed by atoms with Crippen molar-refractivity contribution in [1.82, 2.24) is 30.5 Å². The third kappa shape index (κ3) is 4.19. The third-order valence-electron chi connectivity index (χ3n) is 4.02. The standard InChI is InChI=1S/C16H25N7O/c1-16(2,3)9-11-8-14(21-19-11)18-15(24)13-10-23(22-20-13)12-4-6-17-7-5-12/h8,10,12,17H,4-7,9H2,1-3H3,(H2,18,19,21,24). The van der Waals surface area contributed by atoms with Crippen LogP contribution in [0.25, 0.3) is 0 Å². The fourth-order valence-electron chi connectivity index (χ4n) is 2.90. The van der Waals surface area contributed by atoms with E-state index in [4.69, 9.17) is 0 Å². The van der Waals surface area contributed by atoms with Gasteiger partial charge in [0.15, 0.2) is 11.5 Å². The molecule has 0 bridgehead atoms. The van der Waals surface area contributed by atoms with Gasteiger partial charge in [0.25, 0.3) is 5.91 Å². The number of aromatic amines is 1. The average Bonchev–Trinajstić information content (AvgIpc) is 3.16. The lowest BCUT2D eigenvalue weighted by Gasteiger charge is -2.21. The summed E-state index contributed by atoms with van der Waals surface area (Å²) < 4.78 is 1.80. The lowest BCUT2D eigenvalue weighted by atomic mass is 9.91. The summed E-state index contributed by atoms with van der Waals surface area (Å²) in [5.41, 5.74) is 1.47. The minimum atomic E-state index is -0.288. The van der Waals surface area contributed by atoms with E-state index in [1.807, 2.05) is 6.07 Å². The van der Waals surface area contributed by atoms with Crippen molar-refractivity contribution in [1.29, 1.82) is 0 Å². The maximum absolute atomic E-state index is 12.3. The summed E-state index contributed by atoms with van der Waals surface area (Å²) in [7, 11) is 0. The molecule has 1 fully saturated rings. The number of hydrogen-bond donors (Lipinski definition) is 3. The van der Waals surface area contributed by atoms with Crippen LogP contribution in [0.2, 0.25) is 0 Å². The molecule has 0 spiro atoms. The lowest BCUT2D eigenvalue weighted by molar-refractivity contribution is 0.102.